The van der Waals surface area contributed by atoms with Crippen molar-refractivity contribution in [3.8, 4) is 11.5 Å². The number of anilines is 1. The van der Waals surface area contributed by atoms with Crippen molar-refractivity contribution in [2.45, 2.75) is 25.4 Å². The minimum Gasteiger partial charge on any atom is -0.454 e. The van der Waals surface area contributed by atoms with Gasteiger partial charge in [0.25, 0.3) is 11.8 Å². The van der Waals surface area contributed by atoms with Crippen LogP contribution in [0.5, 0.6) is 11.5 Å². The van der Waals surface area contributed by atoms with E-state index in [1.54, 1.807) is 0 Å². The van der Waals surface area contributed by atoms with E-state index >= 15 is 0 Å². The van der Waals surface area contributed by atoms with Crippen LogP contribution in [0.3, 0.4) is 0 Å². The number of hydrogen-bond donors (Lipinski definition) is 2. The Kier molecular flexibility index (Phi) is 6.17. The molecule has 0 saturated carbocycles. The van der Waals surface area contributed by atoms with Crippen LogP contribution in [0.4, 0.5) is 5.69 Å². The van der Waals surface area contributed by atoms with Crippen LogP contribution in [0.15, 0.2) is 60.0 Å². The van der Waals surface area contributed by atoms with Gasteiger partial charge in [0.05, 0.1) is 10.4 Å². The van der Waals surface area contributed by atoms with Crippen molar-refractivity contribution in [1.29, 1.82) is 0 Å². The van der Waals surface area contributed by atoms with Crippen LogP contribution in [0.2, 0.25) is 0 Å². The number of piperidine rings is 1. The highest BCUT2D eigenvalue weighted by atomic mass is 32.1. The van der Waals surface area contributed by atoms with Gasteiger partial charge in [-0.2, -0.15) is 0 Å². The van der Waals surface area contributed by atoms with Crippen LogP contribution in [0.1, 0.15) is 38.4 Å². The van der Waals surface area contributed by atoms with Crippen molar-refractivity contribution < 1.29 is 19.1 Å². The molecule has 2 N–H and O–H groups in total. The number of hydrogen-bond acceptors (Lipinski definition) is 6. The van der Waals surface area contributed by atoms with Crippen molar-refractivity contribution in [1.82, 2.24) is 10.6 Å². The second-order valence-electron chi connectivity index (χ2n) is 8.10. The van der Waals surface area contributed by atoms with Gasteiger partial charge >= 0.3 is 0 Å². The highest BCUT2D eigenvalue weighted by Gasteiger charge is 2.24. The molecule has 3 heterocycles. The third-order valence-electron chi connectivity index (χ3n) is 5.95. The van der Waals surface area contributed by atoms with Crippen molar-refractivity contribution in [3.63, 3.8) is 0 Å². The summed E-state index contributed by atoms with van der Waals surface area (Å²) in [6, 6.07) is 17.2. The van der Waals surface area contributed by atoms with Gasteiger partial charge in [0, 0.05) is 31.4 Å². The van der Waals surface area contributed by atoms with E-state index in [-0.39, 0.29) is 24.6 Å². The van der Waals surface area contributed by atoms with E-state index in [0.29, 0.717) is 17.9 Å². The zero-order valence-corrected chi connectivity index (χ0v) is 18.9. The first-order valence-electron chi connectivity index (χ1n) is 11.0. The Morgan fingerprint density at radius 3 is 2.61 bits per heavy atom. The van der Waals surface area contributed by atoms with Crippen LogP contribution in [0, 0.1) is 0 Å². The Balaban J connectivity index is 1.19. The van der Waals surface area contributed by atoms with Crippen molar-refractivity contribution in [2.24, 2.45) is 0 Å². The van der Waals surface area contributed by atoms with Crippen LogP contribution in [0.25, 0.3) is 0 Å². The maximum atomic E-state index is 13.0. The van der Waals surface area contributed by atoms with Gasteiger partial charge in [0.15, 0.2) is 11.5 Å². The number of carbonyl (C=O) groups excluding carboxylic acids is 2. The van der Waals surface area contributed by atoms with E-state index in [0.717, 1.165) is 47.8 Å². The van der Waals surface area contributed by atoms with E-state index in [4.69, 9.17) is 9.47 Å². The maximum absolute atomic E-state index is 13.0. The van der Waals surface area contributed by atoms with Gasteiger partial charge in [-0.1, -0.05) is 24.3 Å². The quantitative estimate of drug-likeness (QED) is 0.581. The summed E-state index contributed by atoms with van der Waals surface area (Å²) in [6.07, 6.45) is 1.68. The van der Waals surface area contributed by atoms with Gasteiger partial charge in [-0.05, 0) is 54.1 Å². The minimum atomic E-state index is -0.114. The average molecular weight is 464 g/mol. The molecular weight excluding hydrogens is 438 g/mol. The van der Waals surface area contributed by atoms with E-state index in [2.05, 4.69) is 15.5 Å². The second kappa shape index (κ2) is 9.54. The first kappa shape index (κ1) is 21.3. The lowest BCUT2D eigenvalue weighted by atomic mass is 10.0. The lowest BCUT2D eigenvalue weighted by molar-refractivity contribution is 0.0933. The molecule has 0 aliphatic carbocycles. The number of rotatable bonds is 6. The van der Waals surface area contributed by atoms with Gasteiger partial charge in [-0.25, -0.2) is 0 Å². The molecule has 33 heavy (non-hydrogen) atoms. The Hall–Kier alpha value is -3.52. The molecule has 170 valence electrons. The Bertz CT molecular complexity index is 1140. The molecule has 0 spiro atoms. The molecule has 0 bridgehead atoms. The Morgan fingerprint density at radius 2 is 1.79 bits per heavy atom. The maximum Gasteiger partial charge on any atom is 0.261 e. The first-order valence-corrected chi connectivity index (χ1v) is 11.9. The molecule has 1 aromatic heterocycles. The molecular formula is C25H25N3O4S. The molecule has 0 unspecified atom stereocenters. The molecule has 5 rings (SSSR count). The van der Waals surface area contributed by atoms with Crippen molar-refractivity contribution >= 4 is 28.8 Å². The number of nitrogens with one attached hydrogen (secondary N) is 2. The van der Waals surface area contributed by atoms with Gasteiger partial charge in [-0.3, -0.25) is 9.59 Å². The molecule has 2 aliphatic rings. The van der Waals surface area contributed by atoms with Crippen LogP contribution >= 0.6 is 11.3 Å². The fraction of sp³-hybridized carbons (Fsp3) is 0.280. The van der Waals surface area contributed by atoms with Gasteiger partial charge in [0.1, 0.15) is 0 Å². The van der Waals surface area contributed by atoms with E-state index in [1.807, 2.05) is 60.0 Å². The molecule has 8 heteroatoms. The molecule has 0 atom stereocenters. The van der Waals surface area contributed by atoms with E-state index < -0.39 is 0 Å². The number of amides is 2. The predicted molar refractivity (Wildman–Crippen MR) is 127 cm³/mol. The number of nitrogens with zero attached hydrogens (tertiary/aromatic N) is 1. The average Bonchev–Trinajstić information content (AvgIpc) is 3.55. The SMILES string of the molecule is O=C(NC1CCN(c2ccccc2C(=O)NCc2ccc3c(c2)OCO3)CC1)c1cccs1. The first-order chi connectivity index (χ1) is 16.2. The number of fused-ring (bicyclic) bond motifs is 1. The number of para-hydroxylation sites is 1. The lowest BCUT2D eigenvalue weighted by Gasteiger charge is -2.34. The largest absolute Gasteiger partial charge is 0.454 e. The molecule has 3 aromatic rings. The molecule has 2 amide bonds. The fourth-order valence-corrected chi connectivity index (χ4v) is 4.83. The Labute approximate surface area is 196 Å². The monoisotopic (exact) mass is 463 g/mol. The third kappa shape index (κ3) is 4.80. The summed E-state index contributed by atoms with van der Waals surface area (Å²) < 4.78 is 10.8. The summed E-state index contributed by atoms with van der Waals surface area (Å²) in [5.41, 5.74) is 2.52. The zero-order chi connectivity index (χ0) is 22.6. The normalized spacial score (nSPS) is 15.3. The molecule has 0 radical (unpaired) electrons. The number of thiophene rings is 1. The minimum absolute atomic E-state index is 0.00764. The Morgan fingerprint density at radius 1 is 0.970 bits per heavy atom. The highest BCUT2D eigenvalue weighted by molar-refractivity contribution is 7.12. The summed E-state index contributed by atoms with van der Waals surface area (Å²) in [4.78, 5) is 28.3. The summed E-state index contributed by atoms with van der Waals surface area (Å²) in [5.74, 6) is 1.31. The van der Waals surface area contributed by atoms with Gasteiger partial charge in [0.2, 0.25) is 6.79 Å². The topological polar surface area (TPSA) is 79.9 Å². The molecule has 2 aliphatic heterocycles. The second-order valence-corrected chi connectivity index (χ2v) is 9.05. The smallest absolute Gasteiger partial charge is 0.261 e. The number of benzene rings is 2. The van der Waals surface area contributed by atoms with E-state index in [9.17, 15) is 9.59 Å². The van der Waals surface area contributed by atoms with Crippen LogP contribution < -0.4 is 25.0 Å². The van der Waals surface area contributed by atoms with Crippen molar-refractivity contribution in [2.75, 3.05) is 24.8 Å². The predicted octanol–water partition coefficient (Wildman–Crippen LogP) is 3.81. The summed E-state index contributed by atoms with van der Waals surface area (Å²) >= 11 is 1.45. The highest BCUT2D eigenvalue weighted by Crippen LogP contribution is 2.32. The fourth-order valence-electron chi connectivity index (χ4n) is 4.20. The zero-order valence-electron chi connectivity index (χ0n) is 18.1. The summed E-state index contributed by atoms with van der Waals surface area (Å²) in [7, 11) is 0. The summed E-state index contributed by atoms with van der Waals surface area (Å²) in [5, 5.41) is 8.06. The van der Waals surface area contributed by atoms with E-state index in [1.165, 1.54) is 11.3 Å². The van der Waals surface area contributed by atoms with Gasteiger partial charge < -0.3 is 25.0 Å². The van der Waals surface area contributed by atoms with Crippen LogP contribution in [-0.2, 0) is 6.54 Å². The molecule has 1 fully saturated rings. The van der Waals surface area contributed by atoms with Crippen LogP contribution in [-0.4, -0.2) is 37.7 Å². The summed E-state index contributed by atoms with van der Waals surface area (Å²) in [6.45, 7) is 2.19. The lowest BCUT2D eigenvalue weighted by Crippen LogP contribution is -2.45. The standard InChI is InChI=1S/C25H25N3O4S/c29-24(26-15-17-7-8-21-22(14-17)32-16-31-21)19-4-1-2-5-20(19)28-11-9-18(10-12-28)27-25(30)23-6-3-13-33-23/h1-8,13-14,18H,9-12,15-16H2,(H,26,29)(H,27,30). The number of carbonyl (C=O) groups is 2. The third-order valence-corrected chi connectivity index (χ3v) is 6.82. The molecule has 2 aromatic carbocycles. The number of ether oxygens (including phenoxy) is 2. The van der Waals surface area contributed by atoms with Gasteiger partial charge in [-0.15, -0.1) is 11.3 Å². The molecule has 1 saturated heterocycles. The molecule has 7 nitrogen and oxygen atoms in total. The van der Waals surface area contributed by atoms with Crippen molar-refractivity contribution in [3.05, 3.63) is 76.0 Å².